The second-order valence-electron chi connectivity index (χ2n) is 4.10. The molecule has 0 N–H and O–H groups in total. The largest absolute Gasteiger partial charge is 0.485 e. The molecule has 0 bridgehead atoms. The quantitative estimate of drug-likeness (QED) is 0.818. The SMILES string of the molecule is CCCn1ncnc1COc1cc(F)ccc1C. The highest BCUT2D eigenvalue weighted by atomic mass is 19.1. The zero-order chi connectivity index (χ0) is 13.0. The van der Waals surface area contributed by atoms with E-state index in [1.807, 2.05) is 6.92 Å². The third kappa shape index (κ3) is 2.85. The van der Waals surface area contributed by atoms with E-state index in [2.05, 4.69) is 17.0 Å². The fraction of sp³-hybridized carbons (Fsp3) is 0.385. The van der Waals surface area contributed by atoms with E-state index in [0.29, 0.717) is 12.4 Å². The van der Waals surface area contributed by atoms with E-state index >= 15 is 0 Å². The van der Waals surface area contributed by atoms with Crippen LogP contribution in [0.5, 0.6) is 5.75 Å². The van der Waals surface area contributed by atoms with E-state index in [-0.39, 0.29) is 5.82 Å². The maximum Gasteiger partial charge on any atom is 0.164 e. The topological polar surface area (TPSA) is 39.9 Å². The van der Waals surface area contributed by atoms with Crippen LogP contribution in [-0.2, 0) is 13.2 Å². The highest BCUT2D eigenvalue weighted by Crippen LogP contribution is 2.19. The van der Waals surface area contributed by atoms with Gasteiger partial charge in [0.2, 0.25) is 0 Å². The summed E-state index contributed by atoms with van der Waals surface area (Å²) in [7, 11) is 0. The number of nitrogens with zero attached hydrogens (tertiary/aromatic N) is 3. The van der Waals surface area contributed by atoms with Gasteiger partial charge in [0, 0.05) is 12.6 Å². The first-order valence-electron chi connectivity index (χ1n) is 5.96. The van der Waals surface area contributed by atoms with Gasteiger partial charge in [-0.2, -0.15) is 5.10 Å². The molecule has 0 unspecified atom stereocenters. The molecule has 0 aliphatic rings. The number of rotatable bonds is 5. The van der Waals surface area contributed by atoms with E-state index in [0.717, 1.165) is 24.4 Å². The standard InChI is InChI=1S/C13H16FN3O/c1-3-6-17-13(15-9-16-17)8-18-12-7-11(14)5-4-10(12)2/h4-5,7,9H,3,6,8H2,1-2H3. The predicted octanol–water partition coefficient (Wildman–Crippen LogP) is 2.71. The van der Waals surface area contributed by atoms with Gasteiger partial charge in [0.05, 0.1) is 0 Å². The third-order valence-electron chi connectivity index (χ3n) is 2.64. The lowest BCUT2D eigenvalue weighted by atomic mass is 10.2. The molecule has 0 aliphatic carbocycles. The van der Waals surface area contributed by atoms with Gasteiger partial charge in [-0.15, -0.1) is 0 Å². The molecule has 0 atom stereocenters. The van der Waals surface area contributed by atoms with Crippen molar-refractivity contribution < 1.29 is 9.13 Å². The minimum Gasteiger partial charge on any atom is -0.485 e. The van der Waals surface area contributed by atoms with Gasteiger partial charge in [0.15, 0.2) is 5.82 Å². The first-order chi connectivity index (χ1) is 8.70. The van der Waals surface area contributed by atoms with Crippen LogP contribution in [-0.4, -0.2) is 14.8 Å². The van der Waals surface area contributed by atoms with Gasteiger partial charge in [-0.1, -0.05) is 13.0 Å². The van der Waals surface area contributed by atoms with Crippen LogP contribution < -0.4 is 4.74 Å². The van der Waals surface area contributed by atoms with Crippen LogP contribution in [0.25, 0.3) is 0 Å². The van der Waals surface area contributed by atoms with Crippen molar-refractivity contribution in [3.05, 3.63) is 41.7 Å². The lowest BCUT2D eigenvalue weighted by Crippen LogP contribution is -2.08. The monoisotopic (exact) mass is 249 g/mol. The summed E-state index contributed by atoms with van der Waals surface area (Å²) in [5, 5.41) is 4.11. The van der Waals surface area contributed by atoms with Crippen LogP contribution in [0.3, 0.4) is 0 Å². The predicted molar refractivity (Wildman–Crippen MR) is 65.8 cm³/mol. The molecular formula is C13H16FN3O. The van der Waals surface area contributed by atoms with Crippen molar-refractivity contribution in [3.8, 4) is 5.75 Å². The van der Waals surface area contributed by atoms with Gasteiger partial charge < -0.3 is 4.74 Å². The number of ether oxygens (including phenoxy) is 1. The number of hydrogen-bond donors (Lipinski definition) is 0. The zero-order valence-electron chi connectivity index (χ0n) is 10.6. The van der Waals surface area contributed by atoms with Crippen LogP contribution in [0.15, 0.2) is 24.5 Å². The normalized spacial score (nSPS) is 10.6. The number of benzene rings is 1. The van der Waals surface area contributed by atoms with Gasteiger partial charge in [-0.3, -0.25) is 0 Å². The molecule has 0 aliphatic heterocycles. The molecule has 0 amide bonds. The Morgan fingerprint density at radius 2 is 2.22 bits per heavy atom. The average Bonchev–Trinajstić information content (AvgIpc) is 2.78. The second kappa shape index (κ2) is 5.62. The zero-order valence-corrected chi connectivity index (χ0v) is 10.6. The van der Waals surface area contributed by atoms with Crippen molar-refractivity contribution in [3.63, 3.8) is 0 Å². The van der Waals surface area contributed by atoms with Crippen LogP contribution in [0.1, 0.15) is 24.7 Å². The molecule has 0 radical (unpaired) electrons. The highest BCUT2D eigenvalue weighted by Gasteiger charge is 2.06. The van der Waals surface area contributed by atoms with Gasteiger partial charge in [-0.05, 0) is 25.0 Å². The van der Waals surface area contributed by atoms with E-state index in [1.165, 1.54) is 18.5 Å². The Kier molecular flexibility index (Phi) is 3.92. The van der Waals surface area contributed by atoms with Gasteiger partial charge in [0.25, 0.3) is 0 Å². The van der Waals surface area contributed by atoms with Crippen molar-refractivity contribution in [2.24, 2.45) is 0 Å². The van der Waals surface area contributed by atoms with Crippen LogP contribution in [0.2, 0.25) is 0 Å². The molecule has 96 valence electrons. The number of aryl methyl sites for hydroxylation is 2. The van der Waals surface area contributed by atoms with Crippen LogP contribution in [0.4, 0.5) is 4.39 Å². The molecule has 0 fully saturated rings. The molecule has 2 aromatic rings. The molecule has 0 saturated carbocycles. The van der Waals surface area contributed by atoms with Crippen LogP contribution in [0, 0.1) is 12.7 Å². The molecule has 1 heterocycles. The fourth-order valence-electron chi connectivity index (χ4n) is 1.67. The second-order valence-corrected chi connectivity index (χ2v) is 4.10. The fourth-order valence-corrected chi connectivity index (χ4v) is 1.67. The van der Waals surface area contributed by atoms with Gasteiger partial charge >= 0.3 is 0 Å². The number of aromatic nitrogens is 3. The lowest BCUT2D eigenvalue weighted by molar-refractivity contribution is 0.283. The summed E-state index contributed by atoms with van der Waals surface area (Å²) in [6, 6.07) is 4.50. The molecule has 0 saturated heterocycles. The van der Waals surface area contributed by atoms with Gasteiger partial charge in [0.1, 0.15) is 24.5 Å². The van der Waals surface area contributed by atoms with Gasteiger partial charge in [-0.25, -0.2) is 14.1 Å². The number of halogens is 1. The Morgan fingerprint density at radius 3 is 3.00 bits per heavy atom. The van der Waals surface area contributed by atoms with Crippen molar-refractivity contribution in [2.45, 2.75) is 33.4 Å². The molecule has 1 aromatic carbocycles. The molecule has 18 heavy (non-hydrogen) atoms. The third-order valence-corrected chi connectivity index (χ3v) is 2.64. The van der Waals surface area contributed by atoms with Crippen molar-refractivity contribution in [1.82, 2.24) is 14.8 Å². The average molecular weight is 249 g/mol. The maximum atomic E-state index is 13.1. The summed E-state index contributed by atoms with van der Waals surface area (Å²) in [6.45, 7) is 5.06. The summed E-state index contributed by atoms with van der Waals surface area (Å²) in [4.78, 5) is 4.14. The van der Waals surface area contributed by atoms with Crippen molar-refractivity contribution >= 4 is 0 Å². The minimum atomic E-state index is -0.300. The summed E-state index contributed by atoms with van der Waals surface area (Å²) in [5.74, 6) is 0.993. The van der Waals surface area contributed by atoms with Crippen molar-refractivity contribution in [2.75, 3.05) is 0 Å². The van der Waals surface area contributed by atoms with E-state index < -0.39 is 0 Å². The Morgan fingerprint density at radius 1 is 1.39 bits per heavy atom. The van der Waals surface area contributed by atoms with E-state index in [9.17, 15) is 4.39 Å². The highest BCUT2D eigenvalue weighted by molar-refractivity contribution is 5.32. The van der Waals surface area contributed by atoms with E-state index in [4.69, 9.17) is 4.74 Å². The molecule has 4 nitrogen and oxygen atoms in total. The summed E-state index contributed by atoms with van der Waals surface area (Å²) < 4.78 is 20.5. The van der Waals surface area contributed by atoms with Crippen LogP contribution >= 0.6 is 0 Å². The summed E-state index contributed by atoms with van der Waals surface area (Å²) >= 11 is 0. The molecule has 2 rings (SSSR count). The minimum absolute atomic E-state index is 0.296. The lowest BCUT2D eigenvalue weighted by Gasteiger charge is -2.09. The molecule has 0 spiro atoms. The smallest absolute Gasteiger partial charge is 0.164 e. The summed E-state index contributed by atoms with van der Waals surface area (Å²) in [6.07, 6.45) is 2.49. The van der Waals surface area contributed by atoms with Crippen molar-refractivity contribution in [1.29, 1.82) is 0 Å². The Balaban J connectivity index is 2.06. The first kappa shape index (κ1) is 12.5. The number of hydrogen-bond acceptors (Lipinski definition) is 3. The van der Waals surface area contributed by atoms with E-state index in [1.54, 1.807) is 10.7 Å². The first-order valence-corrected chi connectivity index (χ1v) is 5.96. The maximum absolute atomic E-state index is 13.1. The molecular weight excluding hydrogens is 233 g/mol. The summed E-state index contributed by atoms with van der Waals surface area (Å²) in [5.41, 5.74) is 0.901. The molecule has 5 heteroatoms. The Bertz CT molecular complexity index is 525. The Labute approximate surface area is 105 Å². The molecule has 1 aromatic heterocycles. The Hall–Kier alpha value is -1.91.